The van der Waals surface area contributed by atoms with E-state index < -0.39 is 0 Å². The van der Waals surface area contributed by atoms with Crippen molar-refractivity contribution in [2.24, 2.45) is 0 Å². The third kappa shape index (κ3) is 6.90. The maximum absolute atomic E-state index is 12.4. The summed E-state index contributed by atoms with van der Waals surface area (Å²) in [7, 11) is 7.04. The van der Waals surface area contributed by atoms with E-state index in [0.29, 0.717) is 53.2 Å². The zero-order valence-corrected chi connectivity index (χ0v) is 22.3. The molecule has 4 aromatic rings. The molecule has 11 heteroatoms. The van der Waals surface area contributed by atoms with Crippen molar-refractivity contribution in [3.8, 4) is 5.75 Å². The van der Waals surface area contributed by atoms with Gasteiger partial charge in [-0.15, -0.1) is 0 Å². The number of anilines is 4. The molecule has 2 aromatic carbocycles. The summed E-state index contributed by atoms with van der Waals surface area (Å²) >= 11 is 0. The zero-order chi connectivity index (χ0) is 27.8. The first-order chi connectivity index (χ1) is 18.9. The summed E-state index contributed by atoms with van der Waals surface area (Å²) in [4.78, 5) is 38.8. The van der Waals surface area contributed by atoms with Gasteiger partial charge in [0.15, 0.2) is 0 Å². The average molecular weight is 529 g/mol. The second-order valence-corrected chi connectivity index (χ2v) is 8.93. The third-order valence-corrected chi connectivity index (χ3v) is 5.79. The fourth-order valence-electron chi connectivity index (χ4n) is 3.83. The molecule has 11 nitrogen and oxygen atoms in total. The minimum atomic E-state index is -0.207. The fraction of sp³-hybridized carbons (Fsp3) is 0.214. The van der Waals surface area contributed by atoms with Crippen molar-refractivity contribution in [2.75, 3.05) is 45.4 Å². The predicted molar refractivity (Wildman–Crippen MR) is 153 cm³/mol. The Morgan fingerprint density at radius 1 is 1.05 bits per heavy atom. The first kappa shape index (κ1) is 27.1. The molecule has 2 aromatic heterocycles. The number of para-hydroxylation sites is 1. The van der Waals surface area contributed by atoms with Crippen LogP contribution in [-0.4, -0.2) is 66.5 Å². The summed E-state index contributed by atoms with van der Waals surface area (Å²) in [6, 6.07) is 14.7. The number of aromatic nitrogens is 3. The Morgan fingerprint density at radius 2 is 1.87 bits per heavy atom. The van der Waals surface area contributed by atoms with Crippen LogP contribution in [0.1, 0.15) is 15.9 Å². The highest BCUT2D eigenvalue weighted by Crippen LogP contribution is 2.31. The summed E-state index contributed by atoms with van der Waals surface area (Å²) in [6.07, 6.45) is 5.11. The van der Waals surface area contributed by atoms with Crippen LogP contribution < -0.4 is 26.0 Å². The minimum Gasteiger partial charge on any atom is -0.495 e. The van der Waals surface area contributed by atoms with Crippen LogP contribution in [0.15, 0.2) is 66.9 Å². The Balaban J connectivity index is 1.54. The van der Waals surface area contributed by atoms with Crippen molar-refractivity contribution < 1.29 is 14.3 Å². The van der Waals surface area contributed by atoms with Crippen molar-refractivity contribution >= 4 is 46.0 Å². The van der Waals surface area contributed by atoms with Gasteiger partial charge >= 0.3 is 0 Å². The van der Waals surface area contributed by atoms with E-state index in [0.717, 1.165) is 10.9 Å². The van der Waals surface area contributed by atoms with Crippen LogP contribution in [0.25, 0.3) is 11.0 Å². The number of carbonyl (C=O) groups excluding carboxylic acids is 2. The number of likely N-dealkylation sites (N-methyl/N-ethyl adjacent to an activating group) is 1. The molecule has 39 heavy (non-hydrogen) atoms. The predicted octanol–water partition coefficient (Wildman–Crippen LogP) is 3.55. The van der Waals surface area contributed by atoms with E-state index in [1.807, 2.05) is 61.5 Å². The molecule has 0 aliphatic heterocycles. The third-order valence-electron chi connectivity index (χ3n) is 5.79. The quantitative estimate of drug-likeness (QED) is 0.187. The lowest BCUT2D eigenvalue weighted by Crippen LogP contribution is -2.21. The monoisotopic (exact) mass is 528 g/mol. The largest absolute Gasteiger partial charge is 0.495 e. The van der Waals surface area contributed by atoms with Gasteiger partial charge < -0.3 is 35.9 Å². The number of hydrogen-bond donors (Lipinski definition) is 5. The highest BCUT2D eigenvalue weighted by molar-refractivity contribution is 6.01. The van der Waals surface area contributed by atoms with Gasteiger partial charge in [-0.2, -0.15) is 9.97 Å². The standard InChI is InChI=1S/C28H32N8O3/c1-29-27(38)19-8-5-6-9-21(19)32-26-20-13-14-30-25(20)34-28(35-26)33-22-12-11-18(16-23(22)39-4)17-31-24(37)10-7-15-36(2)3/h5-14,16H,15,17H2,1-4H3,(H,29,38)(H,31,37)(H3,30,32,33,34,35)/b10-7+. The molecule has 4 rings (SSSR count). The Kier molecular flexibility index (Phi) is 8.75. The van der Waals surface area contributed by atoms with Gasteiger partial charge in [0.05, 0.1) is 29.4 Å². The Bertz CT molecular complexity index is 1500. The second kappa shape index (κ2) is 12.6. The molecule has 5 N–H and O–H groups in total. The number of aromatic amines is 1. The smallest absolute Gasteiger partial charge is 0.253 e. The van der Waals surface area contributed by atoms with E-state index >= 15 is 0 Å². The first-order valence-electron chi connectivity index (χ1n) is 12.3. The number of nitrogens with one attached hydrogen (secondary N) is 5. The van der Waals surface area contributed by atoms with Crippen LogP contribution in [0.2, 0.25) is 0 Å². The summed E-state index contributed by atoms with van der Waals surface area (Å²) in [5, 5.41) is 12.8. The summed E-state index contributed by atoms with van der Waals surface area (Å²) in [6.45, 7) is 1.04. The summed E-state index contributed by atoms with van der Waals surface area (Å²) < 4.78 is 5.59. The SMILES string of the molecule is CNC(=O)c1ccccc1Nc1nc(Nc2ccc(CNC(=O)/C=C/CN(C)C)cc2OC)nc2[nH]ccc12. The number of benzene rings is 2. The molecule has 0 spiro atoms. The highest BCUT2D eigenvalue weighted by atomic mass is 16.5. The molecule has 0 aliphatic carbocycles. The molecule has 2 heterocycles. The number of nitrogens with zero attached hydrogens (tertiary/aromatic N) is 3. The summed E-state index contributed by atoms with van der Waals surface area (Å²) in [5.41, 5.74) is 3.26. The number of hydrogen-bond acceptors (Lipinski definition) is 8. The van der Waals surface area contributed by atoms with Crippen molar-refractivity contribution in [2.45, 2.75) is 6.54 Å². The molecule has 0 saturated carbocycles. The second-order valence-electron chi connectivity index (χ2n) is 8.93. The Hall–Kier alpha value is -4.90. The molecule has 0 bridgehead atoms. The summed E-state index contributed by atoms with van der Waals surface area (Å²) in [5.74, 6) is 1.06. The van der Waals surface area contributed by atoms with Crippen LogP contribution in [0.3, 0.4) is 0 Å². The van der Waals surface area contributed by atoms with Gasteiger partial charge in [-0.3, -0.25) is 9.59 Å². The van der Waals surface area contributed by atoms with E-state index in [1.54, 1.807) is 32.5 Å². The molecule has 0 unspecified atom stereocenters. The van der Waals surface area contributed by atoms with Crippen molar-refractivity contribution in [3.63, 3.8) is 0 Å². The van der Waals surface area contributed by atoms with Crippen LogP contribution in [0.5, 0.6) is 5.75 Å². The lowest BCUT2D eigenvalue weighted by Gasteiger charge is -2.14. The van der Waals surface area contributed by atoms with Gasteiger partial charge in [-0.25, -0.2) is 0 Å². The lowest BCUT2D eigenvalue weighted by molar-refractivity contribution is -0.116. The molecular weight excluding hydrogens is 496 g/mol. The number of ether oxygens (including phenoxy) is 1. The molecule has 0 fully saturated rings. The molecule has 2 amide bonds. The normalized spacial score (nSPS) is 11.1. The van der Waals surface area contributed by atoms with Crippen LogP contribution in [0.4, 0.5) is 23.1 Å². The topological polar surface area (TPSA) is 136 Å². The number of fused-ring (bicyclic) bond motifs is 1. The van der Waals surface area contributed by atoms with Crippen molar-refractivity contribution in [1.29, 1.82) is 0 Å². The first-order valence-corrected chi connectivity index (χ1v) is 12.3. The number of methoxy groups -OCH3 is 1. The zero-order valence-electron chi connectivity index (χ0n) is 22.3. The molecule has 202 valence electrons. The van der Waals surface area contributed by atoms with Crippen LogP contribution >= 0.6 is 0 Å². The molecular formula is C28H32N8O3. The van der Waals surface area contributed by atoms with Crippen LogP contribution in [-0.2, 0) is 11.3 Å². The number of H-pyrrole nitrogens is 1. The van der Waals surface area contributed by atoms with Gasteiger partial charge in [0.2, 0.25) is 11.9 Å². The Morgan fingerprint density at radius 3 is 2.64 bits per heavy atom. The van der Waals surface area contributed by atoms with E-state index in [-0.39, 0.29) is 11.8 Å². The molecule has 0 atom stereocenters. The number of carbonyl (C=O) groups is 2. The van der Waals surface area contributed by atoms with Crippen LogP contribution in [0, 0.1) is 0 Å². The van der Waals surface area contributed by atoms with E-state index in [4.69, 9.17) is 4.74 Å². The Labute approximate surface area is 226 Å². The highest BCUT2D eigenvalue weighted by Gasteiger charge is 2.15. The van der Waals surface area contributed by atoms with Crippen molar-refractivity contribution in [3.05, 3.63) is 78.0 Å². The van der Waals surface area contributed by atoms with Gasteiger partial charge in [0, 0.05) is 32.4 Å². The maximum atomic E-state index is 12.4. The fourth-order valence-corrected chi connectivity index (χ4v) is 3.83. The lowest BCUT2D eigenvalue weighted by atomic mass is 10.1. The molecule has 0 radical (unpaired) electrons. The van der Waals surface area contributed by atoms with Gasteiger partial charge in [0.1, 0.15) is 17.2 Å². The average Bonchev–Trinajstić information content (AvgIpc) is 3.41. The van der Waals surface area contributed by atoms with E-state index in [9.17, 15) is 9.59 Å². The van der Waals surface area contributed by atoms with E-state index in [1.165, 1.54) is 6.08 Å². The van der Waals surface area contributed by atoms with Crippen molar-refractivity contribution in [1.82, 2.24) is 30.5 Å². The number of amides is 2. The molecule has 0 aliphatic rings. The van der Waals surface area contributed by atoms with Gasteiger partial charge in [0.25, 0.3) is 5.91 Å². The minimum absolute atomic E-state index is 0.163. The van der Waals surface area contributed by atoms with Gasteiger partial charge in [-0.1, -0.05) is 24.3 Å². The van der Waals surface area contributed by atoms with Gasteiger partial charge in [-0.05, 0) is 50.0 Å². The maximum Gasteiger partial charge on any atom is 0.253 e. The molecule has 0 saturated heterocycles. The number of rotatable bonds is 11. The van der Waals surface area contributed by atoms with E-state index in [2.05, 4.69) is 36.2 Å².